The average Bonchev–Trinajstić information content (AvgIpc) is 2.43. The molecule has 0 atom stereocenters. The molecule has 0 aliphatic heterocycles. The van der Waals surface area contributed by atoms with Gasteiger partial charge in [-0.3, -0.25) is 15.4 Å². The minimum absolute atomic E-state index is 0.00340. The van der Waals surface area contributed by atoms with Crippen molar-refractivity contribution in [2.75, 3.05) is 6.61 Å². The highest BCUT2D eigenvalue weighted by Gasteiger charge is 2.37. The molecular formula is C13H11F3N4O. The van der Waals surface area contributed by atoms with Crippen LogP contribution in [-0.4, -0.2) is 28.2 Å². The molecule has 2 aromatic rings. The average molecular weight is 296 g/mol. The Morgan fingerprint density at radius 2 is 2.05 bits per heavy atom. The number of nitrogens with zero attached hydrogens (tertiary/aromatic N) is 2. The van der Waals surface area contributed by atoms with Gasteiger partial charge in [0.2, 0.25) is 5.84 Å². The van der Waals surface area contributed by atoms with Gasteiger partial charge < -0.3 is 4.74 Å². The van der Waals surface area contributed by atoms with Crippen LogP contribution in [0.2, 0.25) is 0 Å². The zero-order chi connectivity index (χ0) is 15.6. The number of fused-ring (bicyclic) bond motifs is 1. The summed E-state index contributed by atoms with van der Waals surface area (Å²) in [6.45, 7) is 3.42. The molecule has 2 N–H and O–H groups in total. The van der Waals surface area contributed by atoms with E-state index in [1.807, 2.05) is 0 Å². The number of aromatic nitrogens is 2. The molecule has 0 spiro atoms. The van der Waals surface area contributed by atoms with Gasteiger partial charge in [0.05, 0.1) is 11.0 Å². The van der Waals surface area contributed by atoms with Crippen LogP contribution in [0.5, 0.6) is 5.88 Å². The second kappa shape index (κ2) is 5.39. The lowest BCUT2D eigenvalue weighted by Gasteiger charge is -2.16. The summed E-state index contributed by atoms with van der Waals surface area (Å²) in [5, 5.41) is 15.1. The maximum Gasteiger partial charge on any atom is 0.449 e. The zero-order valence-corrected chi connectivity index (χ0v) is 10.7. The summed E-state index contributed by atoms with van der Waals surface area (Å²) in [4.78, 5) is 4.00. The van der Waals surface area contributed by atoms with Gasteiger partial charge in [-0.1, -0.05) is 24.8 Å². The maximum absolute atomic E-state index is 12.8. The number of halogens is 3. The molecule has 2 rings (SSSR count). The van der Waals surface area contributed by atoms with Crippen LogP contribution in [0, 0.1) is 10.8 Å². The van der Waals surface area contributed by atoms with Crippen molar-refractivity contribution in [3.8, 4) is 5.88 Å². The minimum Gasteiger partial charge on any atom is -0.471 e. The fourth-order valence-electron chi connectivity index (χ4n) is 1.72. The van der Waals surface area contributed by atoms with E-state index in [0.717, 1.165) is 0 Å². The topological polar surface area (TPSA) is 74.8 Å². The molecule has 0 unspecified atom stereocenters. The highest BCUT2D eigenvalue weighted by atomic mass is 19.4. The summed E-state index contributed by atoms with van der Waals surface area (Å²) in [7, 11) is 0. The lowest BCUT2D eigenvalue weighted by Crippen LogP contribution is -2.38. The van der Waals surface area contributed by atoms with E-state index in [-0.39, 0.29) is 23.5 Å². The smallest absolute Gasteiger partial charge is 0.449 e. The second-order valence-electron chi connectivity index (χ2n) is 4.04. The summed E-state index contributed by atoms with van der Waals surface area (Å²) < 4.78 is 44.0. The third-order valence-electron chi connectivity index (χ3n) is 2.60. The summed E-state index contributed by atoms with van der Waals surface area (Å²) in [6, 6.07) is 5.94. The van der Waals surface area contributed by atoms with Crippen LogP contribution in [0.1, 0.15) is 0 Å². The Balaban J connectivity index is 2.76. The molecule has 0 fully saturated rings. The number of benzene rings is 1. The van der Waals surface area contributed by atoms with E-state index < -0.39 is 17.5 Å². The van der Waals surface area contributed by atoms with Crippen molar-refractivity contribution in [1.29, 1.82) is 10.8 Å². The standard InChI is InChI=1S/C13H11F3N4O/c1-2-7-21-11-10(17)20(12(18)13(14,15)16)9-6-4-3-5-8(9)19-11/h2-6,17-18H,1,7H2. The van der Waals surface area contributed by atoms with E-state index in [4.69, 9.17) is 15.6 Å². The first-order valence-corrected chi connectivity index (χ1v) is 5.82. The summed E-state index contributed by atoms with van der Waals surface area (Å²) in [6.07, 6.45) is -3.50. The Hall–Kier alpha value is -2.64. The Labute approximate surface area is 117 Å². The fraction of sp³-hybridized carbons (Fsp3) is 0.154. The zero-order valence-electron chi connectivity index (χ0n) is 10.7. The number of para-hydroxylation sites is 2. The molecule has 0 aliphatic rings. The summed E-state index contributed by atoms with van der Waals surface area (Å²) in [5.41, 5.74) is -0.435. The van der Waals surface area contributed by atoms with Crippen LogP contribution < -0.4 is 10.2 Å². The lowest BCUT2D eigenvalue weighted by molar-refractivity contribution is -0.0624. The van der Waals surface area contributed by atoms with E-state index in [1.165, 1.54) is 24.3 Å². The Morgan fingerprint density at radius 3 is 2.67 bits per heavy atom. The normalized spacial score (nSPS) is 11.4. The first-order chi connectivity index (χ1) is 9.86. The van der Waals surface area contributed by atoms with Gasteiger partial charge in [0.15, 0.2) is 5.49 Å². The number of ether oxygens (including phenoxy) is 1. The van der Waals surface area contributed by atoms with Crippen LogP contribution in [0.25, 0.3) is 11.0 Å². The van der Waals surface area contributed by atoms with Gasteiger partial charge in [0, 0.05) is 0 Å². The van der Waals surface area contributed by atoms with Gasteiger partial charge in [-0.2, -0.15) is 13.2 Å². The van der Waals surface area contributed by atoms with Crippen LogP contribution in [0.3, 0.4) is 0 Å². The Morgan fingerprint density at radius 1 is 1.38 bits per heavy atom. The molecule has 0 saturated heterocycles. The molecule has 1 heterocycles. The van der Waals surface area contributed by atoms with Gasteiger partial charge in [-0.15, -0.1) is 0 Å². The van der Waals surface area contributed by atoms with Crippen LogP contribution in [0.4, 0.5) is 13.2 Å². The second-order valence-corrected chi connectivity index (χ2v) is 4.04. The molecular weight excluding hydrogens is 285 g/mol. The molecule has 5 nitrogen and oxygen atoms in total. The predicted octanol–water partition coefficient (Wildman–Crippen LogP) is 2.47. The minimum atomic E-state index is -4.89. The van der Waals surface area contributed by atoms with Crippen molar-refractivity contribution in [2.24, 2.45) is 0 Å². The SMILES string of the molecule is C=CCOc1nc2ccccc2n(C(=N)C(F)(F)F)c1=N. The molecule has 0 saturated carbocycles. The van der Waals surface area contributed by atoms with Crippen molar-refractivity contribution in [1.82, 2.24) is 9.55 Å². The van der Waals surface area contributed by atoms with Gasteiger partial charge in [-0.05, 0) is 12.1 Å². The molecule has 21 heavy (non-hydrogen) atoms. The Bertz CT molecular complexity index is 764. The van der Waals surface area contributed by atoms with E-state index in [1.54, 1.807) is 6.07 Å². The third-order valence-corrected chi connectivity index (χ3v) is 2.60. The molecule has 1 aromatic carbocycles. The lowest BCUT2D eigenvalue weighted by atomic mass is 10.3. The van der Waals surface area contributed by atoms with E-state index in [9.17, 15) is 13.2 Å². The van der Waals surface area contributed by atoms with E-state index in [0.29, 0.717) is 4.57 Å². The number of hydrogen-bond acceptors (Lipinski definition) is 4. The highest BCUT2D eigenvalue weighted by molar-refractivity contribution is 5.94. The maximum atomic E-state index is 12.8. The number of nitrogens with one attached hydrogen (secondary N) is 2. The van der Waals surface area contributed by atoms with Gasteiger partial charge in [-0.25, -0.2) is 4.98 Å². The largest absolute Gasteiger partial charge is 0.471 e. The fourth-order valence-corrected chi connectivity index (χ4v) is 1.72. The molecule has 0 bridgehead atoms. The molecule has 0 amide bonds. The van der Waals surface area contributed by atoms with E-state index in [2.05, 4.69) is 11.6 Å². The van der Waals surface area contributed by atoms with E-state index >= 15 is 0 Å². The number of hydrogen-bond donors (Lipinski definition) is 2. The van der Waals surface area contributed by atoms with Gasteiger partial charge in [0.25, 0.3) is 5.88 Å². The predicted molar refractivity (Wildman–Crippen MR) is 70.5 cm³/mol. The van der Waals surface area contributed by atoms with Crippen LogP contribution in [-0.2, 0) is 0 Å². The first kappa shape index (κ1) is 14.8. The van der Waals surface area contributed by atoms with Crippen molar-refractivity contribution in [3.05, 3.63) is 42.4 Å². The Kier molecular flexibility index (Phi) is 3.79. The van der Waals surface area contributed by atoms with Gasteiger partial charge in [0.1, 0.15) is 6.61 Å². The number of alkyl halides is 3. The molecule has 1 aromatic heterocycles. The third kappa shape index (κ3) is 2.78. The van der Waals surface area contributed by atoms with Crippen molar-refractivity contribution in [2.45, 2.75) is 6.18 Å². The first-order valence-electron chi connectivity index (χ1n) is 5.82. The summed E-state index contributed by atoms with van der Waals surface area (Å²) >= 11 is 0. The molecule has 8 heteroatoms. The highest BCUT2D eigenvalue weighted by Crippen LogP contribution is 2.20. The molecule has 0 radical (unpaired) electrons. The number of rotatable bonds is 3. The molecule has 0 aliphatic carbocycles. The van der Waals surface area contributed by atoms with Crippen molar-refractivity contribution in [3.63, 3.8) is 0 Å². The van der Waals surface area contributed by atoms with Crippen LogP contribution >= 0.6 is 0 Å². The monoisotopic (exact) mass is 296 g/mol. The van der Waals surface area contributed by atoms with Gasteiger partial charge >= 0.3 is 6.18 Å². The van der Waals surface area contributed by atoms with Crippen molar-refractivity contribution >= 4 is 16.9 Å². The summed E-state index contributed by atoms with van der Waals surface area (Å²) in [5.74, 6) is -1.96. The molecule has 110 valence electrons. The quantitative estimate of drug-likeness (QED) is 0.518. The van der Waals surface area contributed by atoms with Crippen LogP contribution in [0.15, 0.2) is 36.9 Å². The van der Waals surface area contributed by atoms with Crippen molar-refractivity contribution < 1.29 is 17.9 Å².